The molecule has 1 aromatic carbocycles. The van der Waals surface area contributed by atoms with E-state index in [2.05, 4.69) is 0 Å². The minimum Gasteiger partial charge on any atom is -0.354 e. The van der Waals surface area contributed by atoms with Crippen molar-refractivity contribution in [2.45, 2.75) is 12.8 Å². The fourth-order valence-corrected chi connectivity index (χ4v) is 1.13. The summed E-state index contributed by atoms with van der Waals surface area (Å²) in [4.78, 5) is 10.9. The van der Waals surface area contributed by atoms with Gasteiger partial charge >= 0.3 is 5.92 Å². The largest absolute Gasteiger partial charge is 0.354 e. The van der Waals surface area contributed by atoms with Crippen LogP contribution in [-0.2, 0) is 10.7 Å². The topological polar surface area (TPSA) is 29.1 Å². The number of amides is 1. The lowest BCUT2D eigenvalue weighted by atomic mass is 10.1. The third-order valence-electron chi connectivity index (χ3n) is 1.89. The average molecular weight is 199 g/mol. The highest BCUT2D eigenvalue weighted by Crippen LogP contribution is 2.28. The number of likely N-dealkylation sites (N-methyl/N-ethyl adjacent to an activating group) is 1. The van der Waals surface area contributed by atoms with Gasteiger partial charge in [-0.05, 0) is 13.0 Å². The van der Waals surface area contributed by atoms with E-state index in [0.717, 1.165) is 0 Å². The van der Waals surface area contributed by atoms with Gasteiger partial charge in [0.2, 0.25) is 0 Å². The van der Waals surface area contributed by atoms with Gasteiger partial charge in [-0.25, -0.2) is 0 Å². The minimum atomic E-state index is -3.46. The maximum Gasteiger partial charge on any atom is 0.349 e. The van der Waals surface area contributed by atoms with Crippen LogP contribution in [0.25, 0.3) is 0 Å². The number of hydrogen-bond donors (Lipinski definition) is 1. The fourth-order valence-electron chi connectivity index (χ4n) is 1.13. The van der Waals surface area contributed by atoms with Crippen LogP contribution in [0.3, 0.4) is 0 Å². The molecule has 0 fully saturated rings. The summed E-state index contributed by atoms with van der Waals surface area (Å²) in [6.45, 7) is 1.70. The molecule has 0 unspecified atom stereocenters. The van der Waals surface area contributed by atoms with Crippen molar-refractivity contribution < 1.29 is 13.6 Å². The Hall–Kier alpha value is -1.45. The van der Waals surface area contributed by atoms with Crippen molar-refractivity contribution in [2.24, 2.45) is 0 Å². The molecule has 0 heterocycles. The highest BCUT2D eigenvalue weighted by Gasteiger charge is 2.39. The fraction of sp³-hybridized carbons (Fsp3) is 0.300. The molecule has 0 aromatic heterocycles. The van der Waals surface area contributed by atoms with Gasteiger partial charge in [0, 0.05) is 12.6 Å². The summed E-state index contributed by atoms with van der Waals surface area (Å²) in [6, 6.07) is 5.74. The molecule has 1 rings (SSSR count). The molecule has 0 saturated heterocycles. The zero-order valence-corrected chi connectivity index (χ0v) is 7.97. The lowest BCUT2D eigenvalue weighted by Gasteiger charge is -2.14. The summed E-state index contributed by atoms with van der Waals surface area (Å²) < 4.78 is 26.6. The summed E-state index contributed by atoms with van der Waals surface area (Å²) in [5, 5.41) is 1.93. The van der Waals surface area contributed by atoms with E-state index in [-0.39, 0.29) is 5.56 Å². The average Bonchev–Trinajstić information content (AvgIpc) is 2.16. The van der Waals surface area contributed by atoms with Crippen LogP contribution >= 0.6 is 0 Å². The van der Waals surface area contributed by atoms with E-state index in [0.29, 0.717) is 5.56 Å². The van der Waals surface area contributed by atoms with Gasteiger partial charge in [-0.3, -0.25) is 4.79 Å². The molecule has 1 N–H and O–H groups in total. The maximum absolute atomic E-state index is 13.3. The highest BCUT2D eigenvalue weighted by atomic mass is 19.3. The third-order valence-corrected chi connectivity index (χ3v) is 1.89. The molecule has 0 atom stereocenters. The summed E-state index contributed by atoms with van der Waals surface area (Å²) in [5.41, 5.74) is 0.419. The van der Waals surface area contributed by atoms with Crippen LogP contribution in [0.4, 0.5) is 8.78 Å². The first-order chi connectivity index (χ1) is 6.48. The van der Waals surface area contributed by atoms with E-state index in [9.17, 15) is 13.6 Å². The Morgan fingerprint density at radius 2 is 2.07 bits per heavy atom. The van der Waals surface area contributed by atoms with Crippen LogP contribution in [0.15, 0.2) is 24.3 Å². The lowest BCUT2D eigenvalue weighted by molar-refractivity contribution is -0.146. The van der Waals surface area contributed by atoms with Crippen molar-refractivity contribution in [1.29, 1.82) is 0 Å². The lowest BCUT2D eigenvalue weighted by Crippen LogP contribution is -2.35. The van der Waals surface area contributed by atoms with Crippen molar-refractivity contribution in [3.63, 3.8) is 0 Å². The Kier molecular flexibility index (Phi) is 2.84. The molecule has 0 aliphatic rings. The second-order valence-electron chi connectivity index (χ2n) is 3.02. The molecule has 0 saturated carbocycles. The van der Waals surface area contributed by atoms with E-state index < -0.39 is 11.8 Å². The number of alkyl halides is 2. The van der Waals surface area contributed by atoms with Gasteiger partial charge in [0.05, 0.1) is 0 Å². The van der Waals surface area contributed by atoms with Crippen LogP contribution < -0.4 is 5.32 Å². The molecule has 0 aliphatic carbocycles. The van der Waals surface area contributed by atoms with Gasteiger partial charge in [-0.2, -0.15) is 8.78 Å². The number of carbonyl (C=O) groups excluding carboxylic acids is 1. The van der Waals surface area contributed by atoms with Crippen molar-refractivity contribution in [3.05, 3.63) is 35.4 Å². The van der Waals surface area contributed by atoms with Crippen LogP contribution in [-0.4, -0.2) is 13.0 Å². The molecule has 14 heavy (non-hydrogen) atoms. The Bertz CT molecular complexity index is 350. The Labute approximate surface area is 80.9 Å². The molecule has 2 nitrogen and oxygen atoms in total. The number of benzene rings is 1. The molecular formula is C10H11F2NO. The third kappa shape index (κ3) is 1.89. The van der Waals surface area contributed by atoms with Crippen molar-refractivity contribution >= 4 is 5.91 Å². The zero-order chi connectivity index (χ0) is 10.8. The maximum atomic E-state index is 13.3. The van der Waals surface area contributed by atoms with Gasteiger partial charge in [-0.15, -0.1) is 0 Å². The van der Waals surface area contributed by atoms with E-state index in [4.69, 9.17) is 0 Å². The summed E-state index contributed by atoms with van der Waals surface area (Å²) >= 11 is 0. The van der Waals surface area contributed by atoms with E-state index in [1.165, 1.54) is 25.2 Å². The first-order valence-corrected chi connectivity index (χ1v) is 4.15. The van der Waals surface area contributed by atoms with Crippen LogP contribution in [0, 0.1) is 6.92 Å². The van der Waals surface area contributed by atoms with E-state index >= 15 is 0 Å². The van der Waals surface area contributed by atoms with Crippen molar-refractivity contribution in [1.82, 2.24) is 5.32 Å². The molecule has 76 valence electrons. The highest BCUT2D eigenvalue weighted by molar-refractivity contribution is 5.84. The molecule has 0 radical (unpaired) electrons. The number of hydrogen-bond acceptors (Lipinski definition) is 1. The minimum absolute atomic E-state index is 0.281. The standard InChI is InChI=1S/C10H11F2NO/c1-7-4-3-5-8(6-7)10(11,12)9(14)13-2/h3-6H,1-2H3,(H,13,14). The Balaban J connectivity index is 3.09. The summed E-state index contributed by atoms with van der Waals surface area (Å²) in [6.07, 6.45) is 0. The first kappa shape index (κ1) is 10.6. The number of aryl methyl sites for hydroxylation is 1. The number of halogens is 2. The molecule has 1 aromatic rings. The van der Waals surface area contributed by atoms with Gasteiger partial charge in [0.15, 0.2) is 0 Å². The van der Waals surface area contributed by atoms with Crippen molar-refractivity contribution in [3.8, 4) is 0 Å². The second-order valence-corrected chi connectivity index (χ2v) is 3.02. The van der Waals surface area contributed by atoms with Gasteiger partial charge in [0.1, 0.15) is 0 Å². The SMILES string of the molecule is CNC(=O)C(F)(F)c1cccc(C)c1. The zero-order valence-electron chi connectivity index (χ0n) is 7.97. The van der Waals surface area contributed by atoms with Crippen LogP contribution in [0.2, 0.25) is 0 Å². The number of nitrogens with one attached hydrogen (secondary N) is 1. The summed E-state index contributed by atoms with van der Waals surface area (Å²) in [7, 11) is 1.19. The molecule has 4 heteroatoms. The van der Waals surface area contributed by atoms with Gasteiger partial charge in [-0.1, -0.05) is 23.8 Å². The van der Waals surface area contributed by atoms with Crippen LogP contribution in [0.1, 0.15) is 11.1 Å². The Morgan fingerprint density at radius 3 is 2.57 bits per heavy atom. The van der Waals surface area contributed by atoms with Gasteiger partial charge in [0.25, 0.3) is 5.91 Å². The second kappa shape index (κ2) is 3.74. The number of carbonyl (C=O) groups is 1. The molecule has 0 bridgehead atoms. The predicted molar refractivity (Wildman–Crippen MR) is 49.1 cm³/mol. The van der Waals surface area contributed by atoms with Crippen molar-refractivity contribution in [2.75, 3.05) is 7.05 Å². The monoisotopic (exact) mass is 199 g/mol. The molecule has 0 spiro atoms. The normalized spacial score (nSPS) is 11.1. The quantitative estimate of drug-likeness (QED) is 0.773. The molecule has 1 amide bonds. The first-order valence-electron chi connectivity index (χ1n) is 4.15. The summed E-state index contributed by atoms with van der Waals surface area (Å²) in [5.74, 6) is -4.75. The molecule has 0 aliphatic heterocycles. The Morgan fingerprint density at radius 1 is 1.43 bits per heavy atom. The van der Waals surface area contributed by atoms with Crippen LogP contribution in [0.5, 0.6) is 0 Å². The molecular weight excluding hydrogens is 188 g/mol. The van der Waals surface area contributed by atoms with E-state index in [1.54, 1.807) is 13.0 Å². The van der Waals surface area contributed by atoms with Gasteiger partial charge < -0.3 is 5.32 Å². The smallest absolute Gasteiger partial charge is 0.349 e. The predicted octanol–water partition coefficient (Wildman–Crippen LogP) is 1.83. The number of rotatable bonds is 2. The van der Waals surface area contributed by atoms with E-state index in [1.807, 2.05) is 5.32 Å².